The van der Waals surface area contributed by atoms with Crippen molar-refractivity contribution in [3.8, 4) is 11.8 Å². The highest BCUT2D eigenvalue weighted by atomic mass is 16.5. The molecule has 2 aromatic carbocycles. The van der Waals surface area contributed by atoms with Gasteiger partial charge in [0.05, 0.1) is 19.0 Å². The Morgan fingerprint density at radius 3 is 2.33 bits per heavy atom. The van der Waals surface area contributed by atoms with E-state index >= 15 is 0 Å². The molecule has 0 radical (unpaired) electrons. The summed E-state index contributed by atoms with van der Waals surface area (Å²) >= 11 is 0. The number of hydrogen-bond donors (Lipinski definition) is 0. The van der Waals surface area contributed by atoms with Crippen LogP contribution in [-0.4, -0.2) is 20.2 Å². The molecule has 0 aromatic heterocycles. The second-order valence-electron chi connectivity index (χ2n) is 5.08. The van der Waals surface area contributed by atoms with Crippen molar-refractivity contribution in [1.29, 1.82) is 5.26 Å². The molecule has 21 heavy (non-hydrogen) atoms. The Kier molecular flexibility index (Phi) is 5.22. The maximum Gasteiger partial charge on any atom is 0.119 e. The molecule has 0 atom stereocenters. The van der Waals surface area contributed by atoms with Crippen molar-refractivity contribution in [3.63, 3.8) is 0 Å². The van der Waals surface area contributed by atoms with Gasteiger partial charge in [0.2, 0.25) is 0 Å². The van der Waals surface area contributed by atoms with Crippen LogP contribution in [-0.2, 0) is 6.42 Å². The Hall–Kier alpha value is -2.47. The molecule has 0 fully saturated rings. The van der Waals surface area contributed by atoms with Gasteiger partial charge in [0.25, 0.3) is 0 Å². The zero-order valence-electron chi connectivity index (χ0n) is 12.5. The average Bonchev–Trinajstić information content (AvgIpc) is 2.50. The summed E-state index contributed by atoms with van der Waals surface area (Å²) in [5.74, 6) is 0.842. The van der Waals surface area contributed by atoms with Crippen LogP contribution in [0.5, 0.6) is 5.75 Å². The first-order valence-electron chi connectivity index (χ1n) is 7.05. The smallest absolute Gasteiger partial charge is 0.119 e. The molecule has 0 saturated heterocycles. The molecule has 0 aliphatic carbocycles. The van der Waals surface area contributed by atoms with Gasteiger partial charge >= 0.3 is 0 Å². The summed E-state index contributed by atoms with van der Waals surface area (Å²) in [6.07, 6.45) is 0.441. The average molecular weight is 280 g/mol. The molecule has 0 bridgehead atoms. The molecule has 0 amide bonds. The maximum atomic E-state index is 8.63. The molecule has 0 spiro atoms. The largest absolute Gasteiger partial charge is 0.492 e. The quantitative estimate of drug-likeness (QED) is 0.811. The van der Waals surface area contributed by atoms with Crippen LogP contribution < -0.4 is 9.64 Å². The van der Waals surface area contributed by atoms with Gasteiger partial charge in [0.15, 0.2) is 0 Å². The fraction of sp³-hybridized carbons (Fsp3) is 0.278. The first kappa shape index (κ1) is 14.9. The second kappa shape index (κ2) is 7.35. The minimum absolute atomic E-state index is 0.441. The molecule has 3 nitrogen and oxygen atoms in total. The van der Waals surface area contributed by atoms with Crippen molar-refractivity contribution in [2.75, 3.05) is 25.1 Å². The highest BCUT2D eigenvalue weighted by Crippen LogP contribution is 2.15. The summed E-state index contributed by atoms with van der Waals surface area (Å²) in [5.41, 5.74) is 3.47. The Balaban J connectivity index is 1.81. The van der Waals surface area contributed by atoms with E-state index in [9.17, 15) is 0 Å². The summed E-state index contributed by atoms with van der Waals surface area (Å²) in [6.45, 7) is 3.54. The predicted molar refractivity (Wildman–Crippen MR) is 85.7 cm³/mol. The molecule has 2 rings (SSSR count). The van der Waals surface area contributed by atoms with Crippen LogP contribution in [0, 0.1) is 18.3 Å². The number of ether oxygens (including phenoxy) is 1. The van der Waals surface area contributed by atoms with Gasteiger partial charge in [-0.25, -0.2) is 0 Å². The standard InChI is InChI=1S/C18H20N2O/c1-15-3-7-17(8-4-15)20(2)13-14-21-18-9-5-16(6-10-18)11-12-19/h3-10H,11,13-14H2,1-2H3. The van der Waals surface area contributed by atoms with E-state index in [1.807, 2.05) is 24.3 Å². The molecule has 0 unspecified atom stereocenters. The lowest BCUT2D eigenvalue weighted by Gasteiger charge is -2.19. The fourth-order valence-corrected chi connectivity index (χ4v) is 2.02. The fourth-order valence-electron chi connectivity index (χ4n) is 2.02. The third-order valence-corrected chi connectivity index (χ3v) is 3.38. The number of benzene rings is 2. The van der Waals surface area contributed by atoms with E-state index in [0.717, 1.165) is 17.9 Å². The van der Waals surface area contributed by atoms with Gasteiger partial charge < -0.3 is 9.64 Å². The van der Waals surface area contributed by atoms with Gasteiger partial charge in [-0.2, -0.15) is 5.26 Å². The van der Waals surface area contributed by atoms with Gasteiger partial charge in [0.1, 0.15) is 12.4 Å². The van der Waals surface area contributed by atoms with Crippen molar-refractivity contribution in [1.82, 2.24) is 0 Å². The van der Waals surface area contributed by atoms with E-state index in [-0.39, 0.29) is 0 Å². The Labute approximate surface area is 126 Å². The third-order valence-electron chi connectivity index (χ3n) is 3.38. The monoisotopic (exact) mass is 280 g/mol. The molecule has 0 heterocycles. The van der Waals surface area contributed by atoms with E-state index < -0.39 is 0 Å². The van der Waals surface area contributed by atoms with Crippen LogP contribution in [0.15, 0.2) is 48.5 Å². The van der Waals surface area contributed by atoms with Crippen LogP contribution in [0.25, 0.3) is 0 Å². The zero-order chi connectivity index (χ0) is 15.1. The number of rotatable bonds is 6. The van der Waals surface area contributed by atoms with Crippen LogP contribution >= 0.6 is 0 Å². The second-order valence-corrected chi connectivity index (χ2v) is 5.08. The van der Waals surface area contributed by atoms with Gasteiger partial charge in [-0.05, 0) is 36.8 Å². The number of aryl methyl sites for hydroxylation is 1. The minimum atomic E-state index is 0.441. The SMILES string of the molecule is Cc1ccc(N(C)CCOc2ccc(CC#N)cc2)cc1. The minimum Gasteiger partial charge on any atom is -0.492 e. The summed E-state index contributed by atoms with van der Waals surface area (Å²) in [5, 5.41) is 8.63. The lowest BCUT2D eigenvalue weighted by molar-refractivity contribution is 0.326. The molecule has 0 aliphatic rings. The van der Waals surface area contributed by atoms with Gasteiger partial charge in [-0.1, -0.05) is 29.8 Å². The van der Waals surface area contributed by atoms with E-state index in [0.29, 0.717) is 13.0 Å². The molecule has 0 saturated carbocycles. The molecule has 2 aromatic rings. The molecule has 0 aliphatic heterocycles. The van der Waals surface area contributed by atoms with E-state index in [1.54, 1.807) is 0 Å². The van der Waals surface area contributed by atoms with E-state index in [4.69, 9.17) is 10.00 Å². The topological polar surface area (TPSA) is 36.3 Å². The Morgan fingerprint density at radius 2 is 1.71 bits per heavy atom. The van der Waals surface area contributed by atoms with Crippen molar-refractivity contribution in [2.45, 2.75) is 13.3 Å². The van der Waals surface area contributed by atoms with Crippen molar-refractivity contribution in [2.24, 2.45) is 0 Å². The lowest BCUT2D eigenvalue weighted by Crippen LogP contribution is -2.23. The summed E-state index contributed by atoms with van der Waals surface area (Å²) in [4.78, 5) is 2.17. The molecular weight excluding hydrogens is 260 g/mol. The predicted octanol–water partition coefficient (Wildman–Crippen LogP) is 3.58. The van der Waals surface area contributed by atoms with Crippen LogP contribution in [0.3, 0.4) is 0 Å². The summed E-state index contributed by atoms with van der Waals surface area (Å²) in [7, 11) is 2.06. The van der Waals surface area contributed by atoms with Crippen LogP contribution in [0.1, 0.15) is 11.1 Å². The van der Waals surface area contributed by atoms with E-state index in [1.165, 1.54) is 11.3 Å². The number of hydrogen-bond acceptors (Lipinski definition) is 3. The van der Waals surface area contributed by atoms with Gasteiger partial charge in [0, 0.05) is 12.7 Å². The third kappa shape index (κ3) is 4.54. The maximum absolute atomic E-state index is 8.63. The molecule has 108 valence electrons. The Morgan fingerprint density at radius 1 is 1.05 bits per heavy atom. The summed E-state index contributed by atoms with van der Waals surface area (Å²) in [6, 6.07) is 18.3. The number of likely N-dealkylation sites (N-methyl/N-ethyl adjacent to an activating group) is 1. The molecule has 0 N–H and O–H groups in total. The van der Waals surface area contributed by atoms with E-state index in [2.05, 4.69) is 49.2 Å². The molecule has 3 heteroatoms. The highest BCUT2D eigenvalue weighted by Gasteiger charge is 2.01. The first-order chi connectivity index (χ1) is 10.2. The van der Waals surface area contributed by atoms with Crippen LogP contribution in [0.2, 0.25) is 0 Å². The Bertz CT molecular complexity index is 597. The number of nitriles is 1. The first-order valence-corrected chi connectivity index (χ1v) is 7.05. The number of anilines is 1. The van der Waals surface area contributed by atoms with Gasteiger partial charge in [-0.15, -0.1) is 0 Å². The number of nitrogens with zero attached hydrogens (tertiary/aromatic N) is 2. The van der Waals surface area contributed by atoms with Crippen molar-refractivity contribution >= 4 is 5.69 Å². The van der Waals surface area contributed by atoms with Crippen molar-refractivity contribution < 1.29 is 4.74 Å². The summed E-state index contributed by atoms with van der Waals surface area (Å²) < 4.78 is 5.73. The van der Waals surface area contributed by atoms with Gasteiger partial charge in [-0.3, -0.25) is 0 Å². The zero-order valence-corrected chi connectivity index (χ0v) is 12.5. The normalized spacial score (nSPS) is 9.95. The highest BCUT2D eigenvalue weighted by molar-refractivity contribution is 5.46. The molecular formula is C18H20N2O. The van der Waals surface area contributed by atoms with Crippen molar-refractivity contribution in [3.05, 3.63) is 59.7 Å². The lowest BCUT2D eigenvalue weighted by atomic mass is 10.2. The van der Waals surface area contributed by atoms with Crippen LogP contribution in [0.4, 0.5) is 5.69 Å².